The van der Waals surface area contributed by atoms with Crippen LogP contribution >= 0.6 is 0 Å². The van der Waals surface area contributed by atoms with E-state index in [1.54, 1.807) is 0 Å². The minimum absolute atomic E-state index is 0.453. The van der Waals surface area contributed by atoms with Gasteiger partial charge in [0, 0.05) is 33.2 Å². The number of aromatic nitrogens is 4. The molecule has 0 saturated heterocycles. The average Bonchev–Trinajstić information content (AvgIpc) is 3.46. The molecule has 0 fully saturated rings. The molecule has 0 unspecified atom stereocenters. The van der Waals surface area contributed by atoms with E-state index in [2.05, 4.69) is 84.3 Å². The fourth-order valence-corrected chi connectivity index (χ4v) is 6.20. The molecule has 0 aliphatic carbocycles. The van der Waals surface area contributed by atoms with Crippen LogP contribution in [0.1, 0.15) is 11.1 Å². The minimum atomic E-state index is 0.453. The Morgan fingerprint density at radius 2 is 1.11 bits per heavy atom. The van der Waals surface area contributed by atoms with Crippen molar-refractivity contribution >= 4 is 21.8 Å². The third-order valence-corrected chi connectivity index (χ3v) is 8.45. The van der Waals surface area contributed by atoms with Crippen LogP contribution in [0.25, 0.3) is 72.8 Å². The van der Waals surface area contributed by atoms with E-state index in [4.69, 9.17) is 15.0 Å². The molecule has 8 aromatic rings. The summed E-state index contributed by atoms with van der Waals surface area (Å²) in [6.45, 7) is 2.15. The summed E-state index contributed by atoms with van der Waals surface area (Å²) in [5, 5.41) is 12.6. The third kappa shape index (κ3) is 4.70. The maximum absolute atomic E-state index is 10.3. The standard InChI is InChI=1S/C41H27N5/c1-27-12-8-9-17-33(27)30-21-23-38-36(24-30)34-18-10-11-19-37(34)46(38)32-22-20-31(26-42)35(25-32)41-44-39(28-13-4-2-5-14-28)43-40(45-41)29-15-6-3-7-16-29/h2-25H,1H3. The highest BCUT2D eigenvalue weighted by molar-refractivity contribution is 6.10. The monoisotopic (exact) mass is 589 g/mol. The van der Waals surface area contributed by atoms with Crippen molar-refractivity contribution < 1.29 is 0 Å². The first kappa shape index (κ1) is 27.2. The van der Waals surface area contributed by atoms with Gasteiger partial charge in [-0.3, -0.25) is 0 Å². The number of nitrogens with zero attached hydrogens (tertiary/aromatic N) is 5. The molecule has 6 aromatic carbocycles. The molecule has 8 rings (SSSR count). The average molecular weight is 590 g/mol. The highest BCUT2D eigenvalue weighted by Gasteiger charge is 2.18. The molecule has 0 radical (unpaired) electrons. The molecule has 2 heterocycles. The number of benzene rings is 6. The fraction of sp³-hybridized carbons (Fsp3) is 0.0244. The second-order valence-corrected chi connectivity index (χ2v) is 11.3. The molecule has 0 aliphatic rings. The molecule has 46 heavy (non-hydrogen) atoms. The maximum atomic E-state index is 10.3. The Balaban J connectivity index is 1.35. The van der Waals surface area contributed by atoms with E-state index in [-0.39, 0.29) is 0 Å². The lowest BCUT2D eigenvalue weighted by Gasteiger charge is -2.13. The van der Waals surface area contributed by atoms with Crippen molar-refractivity contribution in [1.82, 2.24) is 19.5 Å². The molecule has 0 aliphatic heterocycles. The van der Waals surface area contributed by atoms with Crippen molar-refractivity contribution in [3.63, 3.8) is 0 Å². The Morgan fingerprint density at radius 3 is 1.80 bits per heavy atom. The molecule has 0 bridgehead atoms. The van der Waals surface area contributed by atoms with Gasteiger partial charge in [-0.05, 0) is 60.0 Å². The van der Waals surface area contributed by atoms with Crippen LogP contribution in [0.4, 0.5) is 0 Å². The first-order valence-corrected chi connectivity index (χ1v) is 15.2. The van der Waals surface area contributed by atoms with Crippen molar-refractivity contribution in [2.45, 2.75) is 6.92 Å². The van der Waals surface area contributed by atoms with Crippen molar-refractivity contribution in [1.29, 1.82) is 5.26 Å². The van der Waals surface area contributed by atoms with Gasteiger partial charge in [-0.2, -0.15) is 5.26 Å². The van der Waals surface area contributed by atoms with Gasteiger partial charge in [-0.25, -0.2) is 15.0 Å². The second kappa shape index (κ2) is 11.3. The molecular weight excluding hydrogens is 562 g/mol. The molecule has 0 N–H and O–H groups in total. The first-order chi connectivity index (χ1) is 22.7. The molecule has 2 aromatic heterocycles. The van der Waals surface area contributed by atoms with Gasteiger partial charge in [0.1, 0.15) is 0 Å². The van der Waals surface area contributed by atoms with Crippen LogP contribution in [-0.4, -0.2) is 19.5 Å². The van der Waals surface area contributed by atoms with Gasteiger partial charge in [-0.15, -0.1) is 0 Å². The minimum Gasteiger partial charge on any atom is -0.309 e. The SMILES string of the molecule is Cc1ccccc1-c1ccc2c(c1)c1ccccc1n2-c1ccc(C#N)c(-c2nc(-c3ccccc3)nc(-c3ccccc3)n2)c1. The Hall–Kier alpha value is -6.38. The van der Waals surface area contributed by atoms with Crippen LogP contribution < -0.4 is 0 Å². The lowest BCUT2D eigenvalue weighted by Crippen LogP contribution is -2.02. The van der Waals surface area contributed by atoms with Crippen molar-refractivity contribution in [3.05, 3.63) is 157 Å². The molecule has 0 spiro atoms. The van der Waals surface area contributed by atoms with E-state index >= 15 is 0 Å². The lowest BCUT2D eigenvalue weighted by molar-refractivity contribution is 1.07. The second-order valence-electron chi connectivity index (χ2n) is 11.3. The van der Waals surface area contributed by atoms with Gasteiger partial charge < -0.3 is 4.57 Å². The van der Waals surface area contributed by atoms with E-state index < -0.39 is 0 Å². The topological polar surface area (TPSA) is 67.4 Å². The summed E-state index contributed by atoms with van der Waals surface area (Å²) < 4.78 is 2.26. The Bertz CT molecular complexity index is 2380. The highest BCUT2D eigenvalue weighted by atomic mass is 15.0. The molecule has 0 saturated carbocycles. The van der Waals surface area contributed by atoms with Gasteiger partial charge in [0.05, 0.1) is 22.7 Å². The Morgan fingerprint density at radius 1 is 0.500 bits per heavy atom. The van der Waals surface area contributed by atoms with E-state index in [1.165, 1.54) is 22.1 Å². The number of hydrogen-bond donors (Lipinski definition) is 0. The van der Waals surface area contributed by atoms with Crippen molar-refractivity contribution in [3.8, 4) is 57.0 Å². The van der Waals surface area contributed by atoms with Crippen molar-refractivity contribution in [2.75, 3.05) is 0 Å². The highest BCUT2D eigenvalue weighted by Crippen LogP contribution is 2.37. The Labute approximate surface area is 266 Å². The van der Waals surface area contributed by atoms with Crippen LogP contribution in [0.2, 0.25) is 0 Å². The van der Waals surface area contributed by atoms with Gasteiger partial charge in [0.15, 0.2) is 17.5 Å². The summed E-state index contributed by atoms with van der Waals surface area (Å²) in [6, 6.07) is 51.6. The molecular formula is C41H27N5. The van der Waals surface area contributed by atoms with E-state index in [0.29, 0.717) is 28.6 Å². The smallest absolute Gasteiger partial charge is 0.165 e. The van der Waals surface area contributed by atoms with Gasteiger partial charge in [0.25, 0.3) is 0 Å². The number of fused-ring (bicyclic) bond motifs is 3. The molecule has 0 atom stereocenters. The maximum Gasteiger partial charge on any atom is 0.165 e. The summed E-state index contributed by atoms with van der Waals surface area (Å²) in [5.74, 6) is 1.56. The Kier molecular flexibility index (Phi) is 6.67. The normalized spacial score (nSPS) is 11.1. The number of hydrogen-bond acceptors (Lipinski definition) is 4. The van der Waals surface area contributed by atoms with E-state index in [0.717, 1.165) is 33.2 Å². The number of rotatable bonds is 5. The molecule has 5 nitrogen and oxygen atoms in total. The number of nitriles is 1. The quantitative estimate of drug-likeness (QED) is 0.200. The summed E-state index contributed by atoms with van der Waals surface area (Å²) in [7, 11) is 0. The molecule has 0 amide bonds. The predicted molar refractivity (Wildman–Crippen MR) is 185 cm³/mol. The van der Waals surface area contributed by atoms with Crippen LogP contribution in [0.3, 0.4) is 0 Å². The van der Waals surface area contributed by atoms with E-state index in [1.807, 2.05) is 78.9 Å². The summed E-state index contributed by atoms with van der Waals surface area (Å²) in [5.41, 5.74) is 9.64. The van der Waals surface area contributed by atoms with Crippen LogP contribution in [0, 0.1) is 18.3 Å². The number of para-hydroxylation sites is 1. The third-order valence-electron chi connectivity index (χ3n) is 8.45. The van der Waals surface area contributed by atoms with Crippen molar-refractivity contribution in [2.24, 2.45) is 0 Å². The molecule has 216 valence electrons. The van der Waals surface area contributed by atoms with Gasteiger partial charge in [-0.1, -0.05) is 109 Å². The molecule has 5 heteroatoms. The largest absolute Gasteiger partial charge is 0.309 e. The zero-order valence-electron chi connectivity index (χ0n) is 25.1. The predicted octanol–water partition coefficient (Wildman–Crippen LogP) is 9.82. The first-order valence-electron chi connectivity index (χ1n) is 15.2. The van der Waals surface area contributed by atoms with Crippen LogP contribution in [0.15, 0.2) is 146 Å². The van der Waals surface area contributed by atoms with Gasteiger partial charge >= 0.3 is 0 Å². The fourth-order valence-electron chi connectivity index (χ4n) is 6.20. The lowest BCUT2D eigenvalue weighted by atomic mass is 9.99. The number of aryl methyl sites for hydroxylation is 1. The summed E-state index contributed by atoms with van der Waals surface area (Å²) in [6.07, 6.45) is 0. The summed E-state index contributed by atoms with van der Waals surface area (Å²) >= 11 is 0. The van der Waals surface area contributed by atoms with E-state index in [9.17, 15) is 5.26 Å². The zero-order chi connectivity index (χ0) is 31.0. The van der Waals surface area contributed by atoms with Crippen LogP contribution in [-0.2, 0) is 0 Å². The zero-order valence-corrected chi connectivity index (χ0v) is 25.1. The van der Waals surface area contributed by atoms with Gasteiger partial charge in [0.2, 0.25) is 0 Å². The van der Waals surface area contributed by atoms with Crippen LogP contribution in [0.5, 0.6) is 0 Å². The summed E-state index contributed by atoms with van der Waals surface area (Å²) in [4.78, 5) is 14.7.